The van der Waals surface area contributed by atoms with Gasteiger partial charge in [0.15, 0.2) is 0 Å². The Labute approximate surface area is 99.9 Å². The molecule has 0 aliphatic rings. The van der Waals surface area contributed by atoms with Crippen molar-refractivity contribution in [1.82, 2.24) is 9.97 Å². The zero-order chi connectivity index (χ0) is 12.3. The van der Waals surface area contributed by atoms with Crippen molar-refractivity contribution in [2.45, 2.75) is 0 Å². The van der Waals surface area contributed by atoms with Crippen LogP contribution in [0.3, 0.4) is 0 Å². The molecule has 0 saturated heterocycles. The van der Waals surface area contributed by atoms with Gasteiger partial charge in [0.25, 0.3) is 0 Å². The van der Waals surface area contributed by atoms with Crippen LogP contribution >= 0.6 is 0 Å². The first kappa shape index (κ1) is 11.2. The Kier molecular flexibility index (Phi) is 3.09. The Balaban J connectivity index is 2.21. The van der Waals surface area contributed by atoms with E-state index in [1.54, 1.807) is 0 Å². The van der Waals surface area contributed by atoms with Crippen LogP contribution in [0.1, 0.15) is 0 Å². The van der Waals surface area contributed by atoms with Gasteiger partial charge in [-0.25, -0.2) is 0 Å². The standard InChI is InChI=1S/C12H14N4O/c1-16(2)9-4-3-5-10(6-9)17-12-8-14-7-11(13)15-12/h3-8H,1-2H3,(H2,13,15). The van der Waals surface area contributed by atoms with Crippen LogP contribution in [0.5, 0.6) is 11.6 Å². The highest BCUT2D eigenvalue weighted by atomic mass is 16.5. The van der Waals surface area contributed by atoms with Gasteiger partial charge in [-0.05, 0) is 12.1 Å². The summed E-state index contributed by atoms with van der Waals surface area (Å²) in [6.07, 6.45) is 3.00. The van der Waals surface area contributed by atoms with Gasteiger partial charge in [-0.2, -0.15) is 4.98 Å². The molecule has 0 aliphatic carbocycles. The molecule has 0 atom stereocenters. The second-order valence-corrected chi connectivity index (χ2v) is 3.78. The lowest BCUT2D eigenvalue weighted by atomic mass is 10.3. The van der Waals surface area contributed by atoms with Gasteiger partial charge in [0, 0.05) is 25.8 Å². The Morgan fingerprint density at radius 3 is 2.76 bits per heavy atom. The summed E-state index contributed by atoms with van der Waals surface area (Å²) in [7, 11) is 3.94. The largest absolute Gasteiger partial charge is 0.437 e. The fraction of sp³-hybridized carbons (Fsp3) is 0.167. The monoisotopic (exact) mass is 230 g/mol. The smallest absolute Gasteiger partial charge is 0.239 e. The Bertz CT molecular complexity index is 513. The molecule has 0 spiro atoms. The van der Waals surface area contributed by atoms with E-state index >= 15 is 0 Å². The van der Waals surface area contributed by atoms with Gasteiger partial charge in [0.05, 0.1) is 12.4 Å². The van der Waals surface area contributed by atoms with Gasteiger partial charge in [0.2, 0.25) is 5.88 Å². The first-order chi connectivity index (χ1) is 8.15. The predicted molar refractivity (Wildman–Crippen MR) is 67.3 cm³/mol. The second kappa shape index (κ2) is 4.69. The zero-order valence-corrected chi connectivity index (χ0v) is 9.79. The second-order valence-electron chi connectivity index (χ2n) is 3.78. The summed E-state index contributed by atoms with van der Waals surface area (Å²) in [4.78, 5) is 9.94. The molecule has 0 unspecified atom stereocenters. The molecule has 0 bridgehead atoms. The van der Waals surface area contributed by atoms with Crippen molar-refractivity contribution < 1.29 is 4.74 Å². The van der Waals surface area contributed by atoms with Crippen LogP contribution in [-0.4, -0.2) is 24.1 Å². The van der Waals surface area contributed by atoms with Crippen LogP contribution in [0, 0.1) is 0 Å². The lowest BCUT2D eigenvalue weighted by molar-refractivity contribution is 0.461. The molecule has 88 valence electrons. The van der Waals surface area contributed by atoms with E-state index in [1.165, 1.54) is 12.4 Å². The summed E-state index contributed by atoms with van der Waals surface area (Å²) in [6.45, 7) is 0. The summed E-state index contributed by atoms with van der Waals surface area (Å²) in [5, 5.41) is 0. The van der Waals surface area contributed by atoms with Crippen molar-refractivity contribution in [2.24, 2.45) is 0 Å². The minimum absolute atomic E-state index is 0.339. The minimum Gasteiger partial charge on any atom is -0.437 e. The minimum atomic E-state index is 0.339. The van der Waals surface area contributed by atoms with Gasteiger partial charge in [0.1, 0.15) is 11.6 Å². The molecule has 0 fully saturated rings. The Morgan fingerprint density at radius 2 is 2.06 bits per heavy atom. The molecule has 5 heteroatoms. The van der Waals surface area contributed by atoms with Crippen molar-refractivity contribution in [3.05, 3.63) is 36.7 Å². The average Bonchev–Trinajstić information content (AvgIpc) is 2.29. The normalized spacial score (nSPS) is 10.0. The van der Waals surface area contributed by atoms with E-state index in [4.69, 9.17) is 10.5 Å². The van der Waals surface area contributed by atoms with Crippen LogP contribution in [0.25, 0.3) is 0 Å². The number of benzene rings is 1. The maximum Gasteiger partial charge on any atom is 0.239 e. The topological polar surface area (TPSA) is 64.3 Å². The number of nitrogen functional groups attached to an aromatic ring is 1. The van der Waals surface area contributed by atoms with E-state index < -0.39 is 0 Å². The zero-order valence-electron chi connectivity index (χ0n) is 9.79. The van der Waals surface area contributed by atoms with Gasteiger partial charge in [-0.1, -0.05) is 6.07 Å². The van der Waals surface area contributed by atoms with Crippen molar-refractivity contribution in [1.29, 1.82) is 0 Å². The fourth-order valence-electron chi connectivity index (χ4n) is 1.36. The molecule has 0 radical (unpaired) electrons. The quantitative estimate of drug-likeness (QED) is 0.872. The fourth-order valence-corrected chi connectivity index (χ4v) is 1.36. The van der Waals surface area contributed by atoms with Gasteiger partial charge in [-0.3, -0.25) is 4.98 Å². The lowest BCUT2D eigenvalue weighted by Gasteiger charge is -2.13. The lowest BCUT2D eigenvalue weighted by Crippen LogP contribution is -2.08. The van der Waals surface area contributed by atoms with Crippen LogP contribution < -0.4 is 15.4 Å². The third-order valence-electron chi connectivity index (χ3n) is 2.19. The third kappa shape index (κ3) is 2.84. The Morgan fingerprint density at radius 1 is 1.24 bits per heavy atom. The Hall–Kier alpha value is -2.30. The van der Waals surface area contributed by atoms with Crippen LogP contribution in [0.4, 0.5) is 11.5 Å². The molecule has 17 heavy (non-hydrogen) atoms. The highest BCUT2D eigenvalue weighted by Crippen LogP contribution is 2.23. The molecule has 1 heterocycles. The summed E-state index contributed by atoms with van der Waals surface area (Å²) in [5.41, 5.74) is 6.58. The third-order valence-corrected chi connectivity index (χ3v) is 2.19. The first-order valence-electron chi connectivity index (χ1n) is 5.18. The maximum absolute atomic E-state index is 5.57. The van der Waals surface area contributed by atoms with E-state index in [1.807, 2.05) is 43.3 Å². The van der Waals surface area contributed by atoms with Crippen molar-refractivity contribution >= 4 is 11.5 Å². The molecule has 5 nitrogen and oxygen atoms in total. The highest BCUT2D eigenvalue weighted by Gasteiger charge is 2.02. The molecule has 2 N–H and O–H groups in total. The number of rotatable bonds is 3. The van der Waals surface area contributed by atoms with E-state index in [-0.39, 0.29) is 0 Å². The van der Waals surface area contributed by atoms with Gasteiger partial charge < -0.3 is 15.4 Å². The first-order valence-corrected chi connectivity index (χ1v) is 5.18. The van der Waals surface area contributed by atoms with Crippen LogP contribution in [-0.2, 0) is 0 Å². The summed E-state index contributed by atoms with van der Waals surface area (Å²) >= 11 is 0. The maximum atomic E-state index is 5.57. The van der Waals surface area contributed by atoms with Gasteiger partial charge >= 0.3 is 0 Å². The van der Waals surface area contributed by atoms with E-state index in [0.717, 1.165) is 5.69 Å². The summed E-state index contributed by atoms with van der Waals surface area (Å²) in [5.74, 6) is 1.43. The van der Waals surface area contributed by atoms with E-state index in [0.29, 0.717) is 17.4 Å². The molecule has 1 aromatic heterocycles. The summed E-state index contributed by atoms with van der Waals surface area (Å²) in [6, 6.07) is 7.70. The number of hydrogen-bond donors (Lipinski definition) is 1. The number of anilines is 2. The van der Waals surface area contributed by atoms with Gasteiger partial charge in [-0.15, -0.1) is 0 Å². The molecule has 0 aliphatic heterocycles. The number of aromatic nitrogens is 2. The summed E-state index contributed by atoms with van der Waals surface area (Å²) < 4.78 is 5.57. The van der Waals surface area contributed by atoms with Crippen LogP contribution in [0.2, 0.25) is 0 Å². The molecule has 0 amide bonds. The van der Waals surface area contributed by atoms with Crippen molar-refractivity contribution in [2.75, 3.05) is 24.7 Å². The predicted octanol–water partition coefficient (Wildman–Crippen LogP) is 1.92. The number of nitrogens with two attached hydrogens (primary N) is 1. The number of ether oxygens (including phenoxy) is 1. The molecular weight excluding hydrogens is 216 g/mol. The number of hydrogen-bond acceptors (Lipinski definition) is 5. The molecule has 1 aromatic carbocycles. The number of nitrogens with zero attached hydrogens (tertiary/aromatic N) is 3. The van der Waals surface area contributed by atoms with Crippen molar-refractivity contribution in [3.8, 4) is 11.6 Å². The van der Waals surface area contributed by atoms with E-state index in [2.05, 4.69) is 9.97 Å². The molecule has 0 saturated carbocycles. The highest BCUT2D eigenvalue weighted by molar-refractivity contribution is 5.50. The molecule has 2 rings (SSSR count). The molecule has 2 aromatic rings. The molecular formula is C12H14N4O. The average molecular weight is 230 g/mol. The van der Waals surface area contributed by atoms with E-state index in [9.17, 15) is 0 Å². The van der Waals surface area contributed by atoms with Crippen LogP contribution in [0.15, 0.2) is 36.7 Å². The van der Waals surface area contributed by atoms with Crippen molar-refractivity contribution in [3.63, 3.8) is 0 Å². The SMILES string of the molecule is CN(C)c1cccc(Oc2cncc(N)n2)c1.